The molecule has 0 aliphatic heterocycles. The molecule has 0 fully saturated rings. The lowest BCUT2D eigenvalue weighted by molar-refractivity contribution is -0.275. The van der Waals surface area contributed by atoms with Crippen LogP contribution in [0.15, 0.2) is 95.2 Å². The second-order valence-electron chi connectivity index (χ2n) is 13.3. The molecule has 4 aromatic carbocycles. The fourth-order valence-corrected chi connectivity index (χ4v) is 7.59. The Kier molecular flexibility index (Phi) is 10.5. The minimum absolute atomic E-state index is 0.0426. The summed E-state index contributed by atoms with van der Waals surface area (Å²) in [6.45, 7) is 7.51. The SMILES string of the molecule is CCCC1=C(C2=C(C)/C(=C(/C#N)C=N)c3cc(-c4ccc(OC(F)(F)F)c(F)c4)ccc32)c2ccc(-c3ccc(C(F)(F)F)c(C)c3)cc2/C1=C(\C#N)NCC. The highest BCUT2D eigenvalue weighted by Gasteiger charge is 2.37. The van der Waals surface area contributed by atoms with Gasteiger partial charge in [0.25, 0.3) is 0 Å². The summed E-state index contributed by atoms with van der Waals surface area (Å²) in [5.74, 6) is -2.21. The van der Waals surface area contributed by atoms with Crippen LogP contribution in [0.1, 0.15) is 67.0 Å². The number of fused-ring (bicyclic) bond motifs is 2. The van der Waals surface area contributed by atoms with Crippen LogP contribution in [0.3, 0.4) is 0 Å². The van der Waals surface area contributed by atoms with Crippen LogP contribution in [0, 0.1) is 40.8 Å². The fraction of sp³-hybridized carbons (Fsp3) is 0.205. The van der Waals surface area contributed by atoms with Gasteiger partial charge in [0, 0.05) is 23.9 Å². The molecule has 0 amide bonds. The molecule has 56 heavy (non-hydrogen) atoms. The van der Waals surface area contributed by atoms with E-state index >= 15 is 0 Å². The third-order valence-electron chi connectivity index (χ3n) is 9.83. The number of alkyl halides is 6. The number of nitriles is 2. The highest BCUT2D eigenvalue weighted by Crippen LogP contribution is 2.56. The lowest BCUT2D eigenvalue weighted by Gasteiger charge is -2.15. The predicted octanol–water partition coefficient (Wildman–Crippen LogP) is 12.2. The van der Waals surface area contributed by atoms with Crippen molar-refractivity contribution in [1.29, 1.82) is 15.9 Å². The molecule has 0 heterocycles. The van der Waals surface area contributed by atoms with Gasteiger partial charge in [-0.2, -0.15) is 23.7 Å². The van der Waals surface area contributed by atoms with E-state index in [-0.39, 0.29) is 16.7 Å². The smallest absolute Gasteiger partial charge is 0.403 e. The minimum atomic E-state index is -5.08. The number of ether oxygens (including phenoxy) is 1. The third kappa shape index (κ3) is 7.11. The number of hydrogen-bond donors (Lipinski definition) is 2. The van der Waals surface area contributed by atoms with E-state index in [1.807, 2.05) is 39.0 Å². The molecule has 284 valence electrons. The van der Waals surface area contributed by atoms with E-state index in [0.29, 0.717) is 75.2 Å². The molecule has 5 nitrogen and oxygen atoms in total. The normalized spacial score (nSPS) is 15.6. The second-order valence-corrected chi connectivity index (χ2v) is 13.3. The molecular weight excluding hydrogens is 733 g/mol. The van der Waals surface area contributed by atoms with E-state index in [4.69, 9.17) is 5.41 Å². The van der Waals surface area contributed by atoms with Gasteiger partial charge in [0.1, 0.15) is 17.8 Å². The van der Waals surface area contributed by atoms with Gasteiger partial charge in [-0.05, 0) is 130 Å². The quantitative estimate of drug-likeness (QED) is 0.101. The maximum atomic E-state index is 14.8. The molecule has 4 aromatic rings. The number of allylic oxidation sites excluding steroid dienone is 8. The van der Waals surface area contributed by atoms with Crippen LogP contribution in [0.4, 0.5) is 30.7 Å². The number of nitrogens with one attached hydrogen (secondary N) is 2. The molecule has 12 heteroatoms. The summed E-state index contributed by atoms with van der Waals surface area (Å²) in [5, 5.41) is 31.9. The Labute approximate surface area is 318 Å². The monoisotopic (exact) mass is 766 g/mol. The summed E-state index contributed by atoms with van der Waals surface area (Å²) in [6, 6.07) is 22.2. The molecule has 0 radical (unpaired) electrons. The topological polar surface area (TPSA) is 92.7 Å². The first-order valence-electron chi connectivity index (χ1n) is 17.6. The Morgan fingerprint density at radius 1 is 0.750 bits per heavy atom. The predicted molar refractivity (Wildman–Crippen MR) is 202 cm³/mol. The first-order chi connectivity index (χ1) is 26.6. The highest BCUT2D eigenvalue weighted by atomic mass is 19.4. The van der Waals surface area contributed by atoms with Crippen LogP contribution in [-0.4, -0.2) is 19.1 Å². The molecule has 0 spiro atoms. The maximum Gasteiger partial charge on any atom is 0.573 e. The summed E-state index contributed by atoms with van der Waals surface area (Å²) in [5.41, 5.74) is 8.30. The summed E-state index contributed by atoms with van der Waals surface area (Å²) < 4.78 is 98.0. The molecule has 6 rings (SSSR count). The van der Waals surface area contributed by atoms with Gasteiger partial charge in [-0.15, -0.1) is 13.2 Å². The van der Waals surface area contributed by atoms with Crippen molar-refractivity contribution in [2.45, 2.75) is 53.1 Å². The first kappa shape index (κ1) is 39.3. The van der Waals surface area contributed by atoms with Crippen molar-refractivity contribution in [2.24, 2.45) is 0 Å². The van der Waals surface area contributed by atoms with Gasteiger partial charge in [-0.25, -0.2) is 4.39 Å². The highest BCUT2D eigenvalue weighted by molar-refractivity contribution is 6.25. The molecule has 0 aromatic heterocycles. The van der Waals surface area contributed by atoms with E-state index in [1.165, 1.54) is 25.1 Å². The Morgan fingerprint density at radius 3 is 1.84 bits per heavy atom. The van der Waals surface area contributed by atoms with E-state index in [1.54, 1.807) is 18.2 Å². The van der Waals surface area contributed by atoms with E-state index in [2.05, 4.69) is 22.2 Å². The first-order valence-corrected chi connectivity index (χ1v) is 17.6. The number of nitrogens with zero attached hydrogens (tertiary/aromatic N) is 2. The summed E-state index contributed by atoms with van der Waals surface area (Å²) in [7, 11) is 0. The van der Waals surface area contributed by atoms with Crippen molar-refractivity contribution >= 4 is 28.5 Å². The molecule has 0 unspecified atom stereocenters. The molecule has 0 saturated heterocycles. The second kappa shape index (κ2) is 15.0. The third-order valence-corrected chi connectivity index (χ3v) is 9.83. The Morgan fingerprint density at radius 2 is 1.32 bits per heavy atom. The van der Waals surface area contributed by atoms with E-state index < -0.39 is 29.7 Å². The lowest BCUT2D eigenvalue weighted by atomic mass is 9.89. The van der Waals surface area contributed by atoms with Gasteiger partial charge in [0.05, 0.1) is 11.1 Å². The van der Waals surface area contributed by atoms with Crippen LogP contribution >= 0.6 is 0 Å². The zero-order chi connectivity index (χ0) is 40.7. The van der Waals surface area contributed by atoms with Gasteiger partial charge in [0.2, 0.25) is 0 Å². The van der Waals surface area contributed by atoms with E-state index in [9.17, 15) is 41.3 Å². The average Bonchev–Trinajstić information content (AvgIpc) is 3.60. The van der Waals surface area contributed by atoms with E-state index in [0.717, 1.165) is 46.7 Å². The number of hydrogen-bond acceptors (Lipinski definition) is 5. The molecule has 2 N–H and O–H groups in total. The van der Waals surface area contributed by atoms with Gasteiger partial charge >= 0.3 is 12.5 Å². The van der Waals surface area contributed by atoms with Crippen LogP contribution in [0.2, 0.25) is 0 Å². The maximum absolute atomic E-state index is 14.8. The minimum Gasteiger partial charge on any atom is -0.403 e. The summed E-state index contributed by atoms with van der Waals surface area (Å²) >= 11 is 0. The molecule has 0 atom stereocenters. The molecule has 2 aliphatic rings. The zero-order valence-electron chi connectivity index (χ0n) is 30.6. The van der Waals surface area contributed by atoms with Crippen LogP contribution in [0.25, 0.3) is 44.5 Å². The fourth-order valence-electron chi connectivity index (χ4n) is 7.59. The molecule has 2 aliphatic carbocycles. The number of rotatable bonds is 9. The van der Waals surface area contributed by atoms with Gasteiger partial charge in [-0.1, -0.05) is 55.8 Å². The number of benzene rings is 4. The van der Waals surface area contributed by atoms with Gasteiger partial charge in [-0.3, -0.25) is 0 Å². The standard InChI is InChI=1S/C44H33F7N4O/c1-5-7-32-41(37(22-54)55-6-2)34-18-26(25-10-14-35(23(3)16-25)43(46,47)48)9-13-31(34)42(32)40-24(4)39(29(20-52)21-53)33-17-27(8-12-30(33)40)28-11-15-38(36(45)19-28)56-44(49,50)51/h8-20,52,55H,5-7H2,1-4H3/b39-29-,41-37+,52-20?. The Balaban J connectivity index is 1.60. The number of aryl methyl sites for hydroxylation is 1. The molecular formula is C44H33F7N4O. The Hall–Kier alpha value is -6.40. The summed E-state index contributed by atoms with van der Waals surface area (Å²) in [4.78, 5) is 0. The largest absolute Gasteiger partial charge is 0.573 e. The van der Waals surface area contributed by atoms with Crippen molar-refractivity contribution in [3.05, 3.63) is 134 Å². The number of halogens is 7. The van der Waals surface area contributed by atoms with Crippen molar-refractivity contribution < 1.29 is 35.5 Å². The van der Waals surface area contributed by atoms with Gasteiger partial charge in [0.15, 0.2) is 11.6 Å². The molecule has 0 saturated carbocycles. The average molecular weight is 767 g/mol. The summed E-state index contributed by atoms with van der Waals surface area (Å²) in [6.07, 6.45) is -7.46. The van der Waals surface area contributed by atoms with Crippen molar-refractivity contribution in [1.82, 2.24) is 5.32 Å². The van der Waals surface area contributed by atoms with Crippen LogP contribution in [-0.2, 0) is 6.18 Å². The zero-order valence-corrected chi connectivity index (χ0v) is 30.6. The van der Waals surface area contributed by atoms with Crippen LogP contribution < -0.4 is 10.1 Å². The Bertz CT molecular complexity index is 2520. The van der Waals surface area contributed by atoms with Crippen LogP contribution in [0.5, 0.6) is 5.75 Å². The van der Waals surface area contributed by atoms with Gasteiger partial charge < -0.3 is 15.5 Å². The van der Waals surface area contributed by atoms with Crippen molar-refractivity contribution in [3.63, 3.8) is 0 Å². The van der Waals surface area contributed by atoms with Crippen molar-refractivity contribution in [2.75, 3.05) is 6.54 Å². The van der Waals surface area contributed by atoms with Crippen molar-refractivity contribution in [3.8, 4) is 40.1 Å². The lowest BCUT2D eigenvalue weighted by Crippen LogP contribution is -2.17. The molecule has 0 bridgehead atoms.